The van der Waals surface area contributed by atoms with E-state index in [0.29, 0.717) is 5.39 Å². The molecule has 1 heterocycles. The zero-order valence-corrected chi connectivity index (χ0v) is 27.6. The summed E-state index contributed by atoms with van der Waals surface area (Å²) in [6, 6.07) is 60.8. The largest absolute Gasteiger partial charge is 0.321 e. The highest BCUT2D eigenvalue weighted by Gasteiger charge is 2.14. The van der Waals surface area contributed by atoms with E-state index in [1.165, 1.54) is 64.6 Å². The monoisotopic (exact) mass is 647 g/mol. The van der Waals surface area contributed by atoms with Gasteiger partial charge in [-0.25, -0.2) is 0 Å². The Kier molecular flexibility index (Phi) is 5.85. The van der Waals surface area contributed by atoms with E-state index >= 15 is 0 Å². The van der Waals surface area contributed by atoms with Crippen LogP contribution in [0.3, 0.4) is 0 Å². The second kappa shape index (κ2) is 10.6. The number of rotatable bonds is 2. The quantitative estimate of drug-likeness (QED) is 0.186. The van der Waals surface area contributed by atoms with Gasteiger partial charge in [-0.3, -0.25) is 4.79 Å². The molecule has 1 aromatic heterocycles. The molecule has 11 rings (SSSR count). The van der Waals surface area contributed by atoms with Crippen LogP contribution in [0.1, 0.15) is 0 Å². The van der Waals surface area contributed by atoms with Crippen molar-refractivity contribution in [3.8, 4) is 22.3 Å². The van der Waals surface area contributed by atoms with Crippen molar-refractivity contribution in [2.45, 2.75) is 0 Å². The normalized spacial score (nSPS) is 12.0. The van der Waals surface area contributed by atoms with Crippen LogP contribution in [0.4, 0.5) is 0 Å². The van der Waals surface area contributed by atoms with E-state index in [1.807, 2.05) is 6.07 Å². The lowest BCUT2D eigenvalue weighted by molar-refractivity contribution is 1.34. The van der Waals surface area contributed by atoms with E-state index in [4.69, 9.17) is 0 Å². The maximum atomic E-state index is 13.7. The molecule has 2 nitrogen and oxygen atoms in total. The number of nitrogens with one attached hydrogen (secondary N) is 1. The van der Waals surface area contributed by atoms with Gasteiger partial charge < -0.3 is 4.98 Å². The summed E-state index contributed by atoms with van der Waals surface area (Å²) in [6.45, 7) is 0. The molecule has 0 bridgehead atoms. The fourth-order valence-corrected chi connectivity index (χ4v) is 8.57. The second-order valence-corrected chi connectivity index (χ2v) is 13.7. The number of pyridine rings is 1. The van der Waals surface area contributed by atoms with Crippen LogP contribution in [0, 0.1) is 0 Å². The zero-order valence-electron chi connectivity index (χ0n) is 27.6. The predicted molar refractivity (Wildman–Crippen MR) is 218 cm³/mol. The molecule has 0 spiro atoms. The third-order valence-electron chi connectivity index (χ3n) is 11.0. The molecule has 0 saturated heterocycles. The molecule has 0 fully saturated rings. The zero-order chi connectivity index (χ0) is 33.6. The molecule has 2 heteroatoms. The predicted octanol–water partition coefficient (Wildman–Crippen LogP) is 12.9. The van der Waals surface area contributed by atoms with Crippen molar-refractivity contribution in [3.05, 3.63) is 180 Å². The average Bonchev–Trinajstić information content (AvgIpc) is 3.20. The number of benzene rings is 10. The Labute approximate surface area is 292 Å². The van der Waals surface area contributed by atoms with Crippen molar-refractivity contribution in [2.75, 3.05) is 0 Å². The highest BCUT2D eigenvalue weighted by molar-refractivity contribution is 6.27. The highest BCUT2D eigenvalue weighted by atomic mass is 16.1. The minimum Gasteiger partial charge on any atom is -0.321 e. The van der Waals surface area contributed by atoms with Gasteiger partial charge in [-0.05, 0) is 117 Å². The van der Waals surface area contributed by atoms with Gasteiger partial charge in [0.05, 0.1) is 0 Å². The molecule has 10 aromatic carbocycles. The lowest BCUT2D eigenvalue weighted by Gasteiger charge is -2.13. The maximum absolute atomic E-state index is 13.7. The SMILES string of the molecule is O=c1[nH]c2cc(-c3ccc4c5ccccc5c5ccccc5c4c3)ccc2c2ccc(-c3ccc4c5ccccc5c5ccccc5c4c3)cc12. The van der Waals surface area contributed by atoms with Crippen molar-refractivity contribution in [2.24, 2.45) is 0 Å². The number of aromatic nitrogens is 1. The van der Waals surface area contributed by atoms with Crippen LogP contribution in [0.25, 0.3) is 109 Å². The van der Waals surface area contributed by atoms with Gasteiger partial charge >= 0.3 is 0 Å². The summed E-state index contributed by atoms with van der Waals surface area (Å²) in [5.41, 5.74) is 5.08. The third-order valence-corrected chi connectivity index (χ3v) is 11.0. The summed E-state index contributed by atoms with van der Waals surface area (Å²) in [5, 5.41) is 17.7. The topological polar surface area (TPSA) is 32.9 Å². The fourth-order valence-electron chi connectivity index (χ4n) is 8.57. The van der Waals surface area contributed by atoms with Crippen molar-refractivity contribution in [3.63, 3.8) is 0 Å². The summed E-state index contributed by atoms with van der Waals surface area (Å²) in [6.07, 6.45) is 0. The van der Waals surface area contributed by atoms with Crippen LogP contribution in [-0.4, -0.2) is 4.98 Å². The number of hydrogen-bond acceptors (Lipinski definition) is 1. The van der Waals surface area contributed by atoms with Crippen LogP contribution in [-0.2, 0) is 0 Å². The Balaban J connectivity index is 1.04. The summed E-state index contributed by atoms with van der Waals surface area (Å²) >= 11 is 0. The van der Waals surface area contributed by atoms with Crippen molar-refractivity contribution < 1.29 is 0 Å². The molecule has 0 atom stereocenters. The van der Waals surface area contributed by atoms with Gasteiger partial charge in [0.1, 0.15) is 0 Å². The first-order valence-corrected chi connectivity index (χ1v) is 17.5. The molecular formula is C49H29NO. The van der Waals surface area contributed by atoms with Gasteiger partial charge in [-0.2, -0.15) is 0 Å². The number of H-pyrrole nitrogens is 1. The second-order valence-electron chi connectivity index (χ2n) is 13.7. The molecule has 0 aliphatic rings. The van der Waals surface area contributed by atoms with E-state index in [1.54, 1.807) is 0 Å². The van der Waals surface area contributed by atoms with Gasteiger partial charge in [-0.1, -0.05) is 146 Å². The van der Waals surface area contributed by atoms with Gasteiger partial charge in [0.2, 0.25) is 0 Å². The first-order chi connectivity index (χ1) is 25.2. The third kappa shape index (κ3) is 4.14. The van der Waals surface area contributed by atoms with Gasteiger partial charge in [-0.15, -0.1) is 0 Å². The van der Waals surface area contributed by atoms with E-state index in [2.05, 4.69) is 169 Å². The molecule has 0 aliphatic carbocycles. The van der Waals surface area contributed by atoms with Crippen LogP contribution in [0.5, 0.6) is 0 Å². The molecule has 0 radical (unpaired) electrons. The van der Waals surface area contributed by atoms with Gasteiger partial charge in [0, 0.05) is 16.3 Å². The van der Waals surface area contributed by atoms with Crippen LogP contribution in [0.15, 0.2) is 175 Å². The Morgan fingerprint density at radius 1 is 0.255 bits per heavy atom. The number of hydrogen-bond donors (Lipinski definition) is 1. The molecule has 236 valence electrons. The Bertz CT molecular complexity index is 3260. The van der Waals surface area contributed by atoms with E-state index in [-0.39, 0.29) is 5.56 Å². The van der Waals surface area contributed by atoms with Crippen LogP contribution >= 0.6 is 0 Å². The van der Waals surface area contributed by atoms with Crippen molar-refractivity contribution >= 4 is 86.3 Å². The average molecular weight is 648 g/mol. The number of aromatic amines is 1. The Morgan fingerprint density at radius 3 is 0.922 bits per heavy atom. The molecule has 0 saturated carbocycles. The summed E-state index contributed by atoms with van der Waals surface area (Å²) in [4.78, 5) is 17.0. The number of fused-ring (bicyclic) bond motifs is 15. The maximum Gasteiger partial charge on any atom is 0.256 e. The van der Waals surface area contributed by atoms with E-state index < -0.39 is 0 Å². The van der Waals surface area contributed by atoms with Crippen molar-refractivity contribution in [1.29, 1.82) is 0 Å². The molecular weight excluding hydrogens is 619 g/mol. The molecule has 0 aliphatic heterocycles. The van der Waals surface area contributed by atoms with E-state index in [9.17, 15) is 4.79 Å². The molecule has 0 unspecified atom stereocenters. The van der Waals surface area contributed by atoms with E-state index in [0.717, 1.165) is 38.5 Å². The van der Waals surface area contributed by atoms with Crippen LogP contribution < -0.4 is 5.56 Å². The summed E-state index contributed by atoms with van der Waals surface area (Å²) in [7, 11) is 0. The highest BCUT2D eigenvalue weighted by Crippen LogP contribution is 2.39. The minimum atomic E-state index is -0.0790. The Morgan fingerprint density at radius 2 is 0.529 bits per heavy atom. The fraction of sp³-hybridized carbons (Fsp3) is 0. The minimum absolute atomic E-state index is 0.0790. The van der Waals surface area contributed by atoms with Crippen LogP contribution in [0.2, 0.25) is 0 Å². The summed E-state index contributed by atoms with van der Waals surface area (Å²) < 4.78 is 0. The van der Waals surface area contributed by atoms with Crippen molar-refractivity contribution in [1.82, 2.24) is 4.98 Å². The first kappa shape index (κ1) is 28.1. The first-order valence-electron chi connectivity index (χ1n) is 17.5. The molecule has 1 N–H and O–H groups in total. The molecule has 51 heavy (non-hydrogen) atoms. The molecule has 0 amide bonds. The summed E-state index contributed by atoms with van der Waals surface area (Å²) in [5.74, 6) is 0. The molecule has 11 aromatic rings. The van der Waals surface area contributed by atoms with Gasteiger partial charge in [0.15, 0.2) is 0 Å². The standard InChI is InChI=1S/C49H29NO/c51-49-47-27-31(29-17-21-41-37-13-3-1-9-33(37)35-11-5-7-15-39(35)45(41)25-29)19-23-43(47)44-24-20-32(28-48(44)50-49)30-18-22-42-38-14-4-2-10-34(38)36-12-6-8-16-40(36)46(42)26-30/h1-28H,(H,50,51). The lowest BCUT2D eigenvalue weighted by Crippen LogP contribution is -2.06. The lowest BCUT2D eigenvalue weighted by atomic mass is 9.91. The smallest absolute Gasteiger partial charge is 0.256 e. The van der Waals surface area contributed by atoms with Gasteiger partial charge in [0.25, 0.3) is 5.56 Å². The Hall–Kier alpha value is -6.77.